The number of anilines is 2. The summed E-state index contributed by atoms with van der Waals surface area (Å²) in [6, 6.07) is 6.93. The lowest BCUT2D eigenvalue weighted by Crippen LogP contribution is -2.10. The third kappa shape index (κ3) is 3.88. The second-order valence-electron chi connectivity index (χ2n) is 5.35. The van der Waals surface area contributed by atoms with E-state index in [-0.39, 0.29) is 30.3 Å². The van der Waals surface area contributed by atoms with Gasteiger partial charge in [0, 0.05) is 29.0 Å². The molecule has 0 radical (unpaired) electrons. The number of fused-ring (bicyclic) bond motifs is 1. The van der Waals surface area contributed by atoms with E-state index in [0.29, 0.717) is 16.7 Å². The van der Waals surface area contributed by atoms with Gasteiger partial charge in [-0.3, -0.25) is 0 Å². The Morgan fingerprint density at radius 1 is 1.19 bits per heavy atom. The first kappa shape index (κ1) is 19.5. The van der Waals surface area contributed by atoms with E-state index in [0.717, 1.165) is 17.8 Å². The van der Waals surface area contributed by atoms with Crippen LogP contribution in [0, 0.1) is 18.6 Å². The van der Waals surface area contributed by atoms with Crippen LogP contribution in [-0.4, -0.2) is 22.5 Å². The summed E-state index contributed by atoms with van der Waals surface area (Å²) in [5.41, 5.74) is 2.05. The number of esters is 1. The molecule has 136 valence electrons. The molecule has 0 unspecified atom stereocenters. The van der Waals surface area contributed by atoms with Crippen molar-refractivity contribution in [2.45, 2.75) is 13.8 Å². The molecule has 2 heterocycles. The van der Waals surface area contributed by atoms with Gasteiger partial charge in [-0.2, -0.15) is 0 Å². The van der Waals surface area contributed by atoms with E-state index < -0.39 is 17.6 Å². The van der Waals surface area contributed by atoms with Crippen molar-refractivity contribution >= 4 is 40.8 Å². The Kier molecular flexibility index (Phi) is 6.05. The fourth-order valence-corrected chi connectivity index (χ4v) is 2.39. The molecule has 0 fully saturated rings. The molecule has 1 N–H and O–H groups in total. The van der Waals surface area contributed by atoms with Gasteiger partial charge in [0.15, 0.2) is 17.3 Å². The molecule has 26 heavy (non-hydrogen) atoms. The Bertz CT molecular complexity index is 967. The number of carbonyl (C=O) groups is 1. The fourth-order valence-electron chi connectivity index (χ4n) is 2.39. The smallest absolute Gasteiger partial charge is 0.341 e. The molecule has 0 spiro atoms. The summed E-state index contributed by atoms with van der Waals surface area (Å²) in [6.45, 7) is 3.72. The van der Waals surface area contributed by atoms with Gasteiger partial charge in [0.25, 0.3) is 0 Å². The van der Waals surface area contributed by atoms with Crippen molar-refractivity contribution in [2.75, 3.05) is 11.9 Å². The molecule has 1 aromatic carbocycles. The van der Waals surface area contributed by atoms with Crippen LogP contribution in [0.25, 0.3) is 11.0 Å². The summed E-state index contributed by atoms with van der Waals surface area (Å²) in [6.07, 6.45) is 1.36. The van der Waals surface area contributed by atoms with Gasteiger partial charge in [-0.25, -0.2) is 23.5 Å². The van der Waals surface area contributed by atoms with Gasteiger partial charge in [0.1, 0.15) is 5.56 Å². The van der Waals surface area contributed by atoms with Crippen LogP contribution in [0.1, 0.15) is 23.0 Å². The van der Waals surface area contributed by atoms with Crippen molar-refractivity contribution in [2.24, 2.45) is 0 Å². The molecule has 3 aromatic rings. The molecule has 0 saturated carbocycles. The number of nitrogens with zero attached hydrogens (tertiary/aromatic N) is 2. The Hall–Kier alpha value is -2.80. The van der Waals surface area contributed by atoms with Crippen molar-refractivity contribution in [1.29, 1.82) is 0 Å². The van der Waals surface area contributed by atoms with E-state index in [1.807, 2.05) is 6.92 Å². The third-order valence-corrected chi connectivity index (χ3v) is 3.55. The van der Waals surface area contributed by atoms with Crippen molar-refractivity contribution < 1.29 is 18.3 Å². The number of halogens is 3. The van der Waals surface area contributed by atoms with E-state index in [2.05, 4.69) is 15.3 Å². The topological polar surface area (TPSA) is 64.1 Å². The van der Waals surface area contributed by atoms with Crippen LogP contribution < -0.4 is 5.32 Å². The zero-order chi connectivity index (χ0) is 18.0. The van der Waals surface area contributed by atoms with Crippen LogP contribution in [0.4, 0.5) is 20.2 Å². The zero-order valence-electron chi connectivity index (χ0n) is 14.0. The number of hydrogen-bond acceptors (Lipinski definition) is 5. The number of aromatic nitrogens is 2. The molecule has 0 aliphatic rings. The number of pyridine rings is 2. The first-order valence-corrected chi connectivity index (χ1v) is 7.65. The van der Waals surface area contributed by atoms with E-state index in [1.54, 1.807) is 19.1 Å². The maximum Gasteiger partial charge on any atom is 0.341 e. The molecule has 0 bridgehead atoms. The minimum Gasteiger partial charge on any atom is -0.462 e. The first-order valence-electron chi connectivity index (χ1n) is 7.65. The van der Waals surface area contributed by atoms with Crippen LogP contribution in [0.15, 0.2) is 36.5 Å². The fraction of sp³-hybridized carbons (Fsp3) is 0.167. The minimum absolute atomic E-state index is 0. The summed E-state index contributed by atoms with van der Waals surface area (Å²) in [4.78, 5) is 20.7. The van der Waals surface area contributed by atoms with Gasteiger partial charge in [-0.1, -0.05) is 0 Å². The van der Waals surface area contributed by atoms with Crippen LogP contribution in [0.2, 0.25) is 0 Å². The highest BCUT2D eigenvalue weighted by Gasteiger charge is 2.18. The zero-order valence-corrected chi connectivity index (χ0v) is 14.9. The molecule has 2 aromatic heterocycles. The maximum atomic E-state index is 13.5. The highest BCUT2D eigenvalue weighted by molar-refractivity contribution is 6.05. The van der Waals surface area contributed by atoms with Crippen LogP contribution in [0.3, 0.4) is 0 Å². The van der Waals surface area contributed by atoms with E-state index in [4.69, 9.17) is 4.74 Å². The quantitative estimate of drug-likeness (QED) is 0.673. The van der Waals surface area contributed by atoms with Crippen molar-refractivity contribution in [3.63, 3.8) is 0 Å². The number of aryl methyl sites for hydroxylation is 1. The van der Waals surface area contributed by atoms with Crippen LogP contribution in [-0.2, 0) is 4.74 Å². The average Bonchev–Trinajstić information content (AvgIpc) is 2.58. The monoisotopic (exact) mass is 379 g/mol. The molecule has 0 aliphatic heterocycles. The number of ether oxygens (including phenoxy) is 1. The standard InChI is InChI=1S/C18H15F2N3O2.ClH/c1-3-25-18(24)13-9-21-17-12(6-4-10(2)22-17)16(13)23-11-5-7-14(19)15(20)8-11;/h4-9H,3H2,1-2H3,(H,21,22,23);1H. The summed E-state index contributed by atoms with van der Waals surface area (Å²) in [7, 11) is 0. The molecule has 3 rings (SSSR count). The van der Waals surface area contributed by atoms with Gasteiger partial charge < -0.3 is 10.1 Å². The van der Waals surface area contributed by atoms with E-state index in [9.17, 15) is 13.6 Å². The summed E-state index contributed by atoms with van der Waals surface area (Å²) < 4.78 is 31.7. The number of hydrogen-bond donors (Lipinski definition) is 1. The molecule has 8 heteroatoms. The average molecular weight is 380 g/mol. The molecule has 5 nitrogen and oxygen atoms in total. The Labute approximate surface area is 154 Å². The largest absolute Gasteiger partial charge is 0.462 e. The number of carbonyl (C=O) groups excluding carboxylic acids is 1. The number of rotatable bonds is 4. The van der Waals surface area contributed by atoms with Gasteiger partial charge in [-0.15, -0.1) is 12.4 Å². The highest BCUT2D eigenvalue weighted by atomic mass is 35.5. The summed E-state index contributed by atoms with van der Waals surface area (Å²) in [5.74, 6) is -2.51. The Balaban J connectivity index is 0.00000243. The molecular formula is C18H16ClF2N3O2. The predicted molar refractivity (Wildman–Crippen MR) is 97.1 cm³/mol. The summed E-state index contributed by atoms with van der Waals surface area (Å²) in [5, 5.41) is 3.53. The van der Waals surface area contributed by atoms with Crippen molar-refractivity contribution in [3.8, 4) is 0 Å². The molecule has 0 amide bonds. The molecule has 0 aliphatic carbocycles. The van der Waals surface area contributed by atoms with E-state index in [1.165, 1.54) is 12.3 Å². The van der Waals surface area contributed by atoms with Crippen LogP contribution in [0.5, 0.6) is 0 Å². The molecular weight excluding hydrogens is 364 g/mol. The van der Waals surface area contributed by atoms with Gasteiger partial charge in [0.05, 0.1) is 12.3 Å². The lowest BCUT2D eigenvalue weighted by atomic mass is 10.1. The van der Waals surface area contributed by atoms with E-state index >= 15 is 0 Å². The predicted octanol–water partition coefficient (Wildman–Crippen LogP) is 4.56. The first-order chi connectivity index (χ1) is 12.0. The normalized spacial score (nSPS) is 10.3. The number of benzene rings is 1. The molecule has 0 saturated heterocycles. The minimum atomic E-state index is -0.991. The highest BCUT2D eigenvalue weighted by Crippen LogP contribution is 2.29. The van der Waals surface area contributed by atoms with Gasteiger partial charge in [0.2, 0.25) is 0 Å². The SMILES string of the molecule is CCOC(=O)c1cnc2nc(C)ccc2c1Nc1ccc(F)c(F)c1.Cl. The maximum absolute atomic E-state index is 13.5. The van der Waals surface area contributed by atoms with Gasteiger partial charge >= 0.3 is 5.97 Å². The summed E-state index contributed by atoms with van der Waals surface area (Å²) >= 11 is 0. The van der Waals surface area contributed by atoms with Crippen molar-refractivity contribution in [1.82, 2.24) is 9.97 Å². The van der Waals surface area contributed by atoms with Gasteiger partial charge in [-0.05, 0) is 38.1 Å². The second-order valence-corrected chi connectivity index (χ2v) is 5.35. The lowest BCUT2D eigenvalue weighted by Gasteiger charge is -2.14. The number of nitrogens with one attached hydrogen (secondary N) is 1. The molecule has 0 atom stereocenters. The lowest BCUT2D eigenvalue weighted by molar-refractivity contribution is 0.0527. The second kappa shape index (κ2) is 8.05. The van der Waals surface area contributed by atoms with Crippen molar-refractivity contribution in [3.05, 3.63) is 59.4 Å². The third-order valence-electron chi connectivity index (χ3n) is 3.55. The Morgan fingerprint density at radius 2 is 1.96 bits per heavy atom. The Morgan fingerprint density at radius 3 is 2.65 bits per heavy atom. The van der Waals surface area contributed by atoms with Crippen LogP contribution >= 0.6 is 12.4 Å².